The van der Waals surface area contributed by atoms with Crippen LogP contribution in [-0.2, 0) is 9.53 Å². The summed E-state index contributed by atoms with van der Waals surface area (Å²) < 4.78 is 10.9. The van der Waals surface area contributed by atoms with Crippen molar-refractivity contribution in [1.82, 2.24) is 4.98 Å². The van der Waals surface area contributed by atoms with Crippen LogP contribution < -0.4 is 4.74 Å². The molecule has 3 atom stereocenters. The number of carbonyl (C=O) groups is 2. The van der Waals surface area contributed by atoms with E-state index >= 15 is 0 Å². The van der Waals surface area contributed by atoms with Gasteiger partial charge in [0.05, 0.1) is 13.0 Å². The molecule has 0 bridgehead atoms. The number of rotatable bonds is 9. The smallest absolute Gasteiger partial charge is 0.309 e. The molecule has 0 fully saturated rings. The third-order valence-electron chi connectivity index (χ3n) is 5.63. The largest absolute Gasteiger partial charge is 0.503 e. The minimum Gasteiger partial charge on any atom is -0.503 e. The second-order valence-corrected chi connectivity index (χ2v) is 8.18. The van der Waals surface area contributed by atoms with Crippen molar-refractivity contribution >= 4 is 11.8 Å². The lowest BCUT2D eigenvalue weighted by molar-refractivity contribution is -0.153. The zero-order chi connectivity index (χ0) is 24.0. The number of methoxy groups -OCH3 is 1. The Balaban J connectivity index is 1.74. The summed E-state index contributed by atoms with van der Waals surface area (Å²) in [7, 11) is 1.39. The maximum atomic E-state index is 12.9. The standard InChI is InChI=1S/C27H29NO5/c1-17-10-12-21(13-11-17)24(20-8-6-5-7-9-20)19(3)33-27(31)18(2)16-22(29)25-26(30)23(32-4)14-15-28-25/h5-15,18-19,24,30H,16H2,1-4H3/t18-,19+,24+/m1/s1. The Labute approximate surface area is 194 Å². The number of Topliss-reactive ketones (excluding diaryl/α,β-unsaturated/α-hetero) is 1. The van der Waals surface area contributed by atoms with Crippen LogP contribution in [0.4, 0.5) is 0 Å². The summed E-state index contributed by atoms with van der Waals surface area (Å²) in [6.45, 7) is 5.52. The first kappa shape index (κ1) is 24.0. The number of hydrogen-bond donors (Lipinski definition) is 1. The van der Waals surface area contributed by atoms with E-state index in [9.17, 15) is 14.7 Å². The molecule has 0 spiro atoms. The Kier molecular flexibility index (Phi) is 7.83. The normalized spacial score (nSPS) is 13.6. The number of carbonyl (C=O) groups excluding carboxylic acids is 2. The van der Waals surface area contributed by atoms with E-state index < -0.39 is 23.8 Å². The van der Waals surface area contributed by atoms with Gasteiger partial charge in [-0.1, -0.05) is 67.1 Å². The third kappa shape index (κ3) is 5.77. The zero-order valence-electron chi connectivity index (χ0n) is 19.3. The summed E-state index contributed by atoms with van der Waals surface area (Å²) in [4.78, 5) is 29.5. The highest BCUT2D eigenvalue weighted by Crippen LogP contribution is 2.32. The van der Waals surface area contributed by atoms with Crippen LogP contribution in [-0.4, -0.2) is 35.1 Å². The quantitative estimate of drug-likeness (QED) is 0.364. The van der Waals surface area contributed by atoms with E-state index in [1.807, 2.05) is 68.4 Å². The molecule has 3 rings (SSSR count). The number of pyridine rings is 1. The summed E-state index contributed by atoms with van der Waals surface area (Å²) in [5.41, 5.74) is 3.11. The lowest BCUT2D eigenvalue weighted by Gasteiger charge is -2.26. The van der Waals surface area contributed by atoms with Crippen LogP contribution in [0.5, 0.6) is 11.5 Å². The van der Waals surface area contributed by atoms with Crippen molar-refractivity contribution in [3.05, 3.63) is 89.2 Å². The molecule has 6 nitrogen and oxygen atoms in total. The van der Waals surface area contributed by atoms with Gasteiger partial charge >= 0.3 is 5.97 Å². The van der Waals surface area contributed by atoms with E-state index in [4.69, 9.17) is 9.47 Å². The van der Waals surface area contributed by atoms with Gasteiger partial charge in [0.25, 0.3) is 0 Å². The van der Waals surface area contributed by atoms with E-state index in [1.165, 1.54) is 19.4 Å². The third-order valence-corrected chi connectivity index (χ3v) is 5.63. The van der Waals surface area contributed by atoms with Crippen LogP contribution in [0.1, 0.15) is 53.4 Å². The Morgan fingerprint density at radius 2 is 1.61 bits per heavy atom. The molecule has 0 aliphatic rings. The second-order valence-electron chi connectivity index (χ2n) is 8.18. The van der Waals surface area contributed by atoms with Crippen molar-refractivity contribution in [2.24, 2.45) is 5.92 Å². The molecule has 1 aromatic heterocycles. The molecule has 0 unspecified atom stereocenters. The minimum absolute atomic E-state index is 0.121. The van der Waals surface area contributed by atoms with Crippen LogP contribution in [0.15, 0.2) is 66.9 Å². The fourth-order valence-corrected chi connectivity index (χ4v) is 3.80. The van der Waals surface area contributed by atoms with Crippen molar-refractivity contribution in [1.29, 1.82) is 0 Å². The maximum Gasteiger partial charge on any atom is 0.309 e. The average molecular weight is 448 g/mol. The molecule has 6 heteroatoms. The van der Waals surface area contributed by atoms with Crippen molar-refractivity contribution in [2.75, 3.05) is 7.11 Å². The Morgan fingerprint density at radius 3 is 2.24 bits per heavy atom. The monoisotopic (exact) mass is 447 g/mol. The molecular weight excluding hydrogens is 418 g/mol. The number of aryl methyl sites for hydroxylation is 1. The van der Waals surface area contributed by atoms with Crippen molar-refractivity contribution in [3.8, 4) is 11.5 Å². The van der Waals surface area contributed by atoms with Gasteiger partial charge in [-0.3, -0.25) is 9.59 Å². The average Bonchev–Trinajstić information content (AvgIpc) is 2.81. The molecule has 0 saturated carbocycles. The Morgan fingerprint density at radius 1 is 0.970 bits per heavy atom. The Bertz CT molecular complexity index is 1100. The molecular formula is C27H29NO5. The first-order chi connectivity index (χ1) is 15.8. The van der Waals surface area contributed by atoms with Crippen molar-refractivity contribution in [2.45, 2.75) is 39.2 Å². The summed E-state index contributed by atoms with van der Waals surface area (Å²) in [5.74, 6) is -1.97. The predicted molar refractivity (Wildman–Crippen MR) is 126 cm³/mol. The molecule has 2 aromatic carbocycles. The van der Waals surface area contributed by atoms with Crippen molar-refractivity contribution < 1.29 is 24.2 Å². The SMILES string of the molecule is COc1ccnc(C(=O)C[C@@H](C)C(=O)O[C@@H](C)[C@@H](c2ccccc2)c2ccc(C)cc2)c1O. The van der Waals surface area contributed by atoms with E-state index in [0.717, 1.165) is 16.7 Å². The molecule has 0 aliphatic carbocycles. The summed E-state index contributed by atoms with van der Waals surface area (Å²) in [6.07, 6.45) is 0.784. The summed E-state index contributed by atoms with van der Waals surface area (Å²) >= 11 is 0. The fraction of sp³-hybridized carbons (Fsp3) is 0.296. The van der Waals surface area contributed by atoms with Crippen LogP contribution in [0.25, 0.3) is 0 Å². The molecule has 33 heavy (non-hydrogen) atoms. The second kappa shape index (κ2) is 10.8. The molecule has 0 radical (unpaired) electrons. The summed E-state index contributed by atoms with van der Waals surface area (Å²) in [5, 5.41) is 10.2. The zero-order valence-corrected chi connectivity index (χ0v) is 19.3. The minimum atomic E-state index is -0.707. The van der Waals surface area contributed by atoms with Gasteiger partial charge in [-0.15, -0.1) is 0 Å². The first-order valence-electron chi connectivity index (χ1n) is 10.9. The summed E-state index contributed by atoms with van der Waals surface area (Å²) in [6, 6.07) is 19.5. The van der Waals surface area contributed by atoms with Crippen LogP contribution in [0.2, 0.25) is 0 Å². The predicted octanol–water partition coefficient (Wildman–Crippen LogP) is 5.08. The van der Waals surface area contributed by atoms with E-state index in [1.54, 1.807) is 6.92 Å². The number of aromatic nitrogens is 1. The van der Waals surface area contributed by atoms with Crippen LogP contribution in [0.3, 0.4) is 0 Å². The van der Waals surface area contributed by atoms with Crippen LogP contribution >= 0.6 is 0 Å². The van der Waals surface area contributed by atoms with E-state index in [-0.39, 0.29) is 29.5 Å². The van der Waals surface area contributed by atoms with Crippen molar-refractivity contribution in [3.63, 3.8) is 0 Å². The fourth-order valence-electron chi connectivity index (χ4n) is 3.80. The van der Waals surface area contributed by atoms with Gasteiger partial charge in [0.15, 0.2) is 23.0 Å². The Hall–Kier alpha value is -3.67. The highest BCUT2D eigenvalue weighted by atomic mass is 16.5. The lowest BCUT2D eigenvalue weighted by atomic mass is 9.86. The number of aromatic hydroxyl groups is 1. The van der Waals surface area contributed by atoms with Gasteiger partial charge in [-0.25, -0.2) is 4.98 Å². The molecule has 1 N–H and O–H groups in total. The molecule has 1 heterocycles. The van der Waals surface area contributed by atoms with Gasteiger partial charge in [-0.05, 0) is 25.0 Å². The lowest BCUT2D eigenvalue weighted by Crippen LogP contribution is -2.28. The number of ketones is 1. The topological polar surface area (TPSA) is 85.7 Å². The molecule has 0 saturated heterocycles. The number of hydrogen-bond acceptors (Lipinski definition) is 6. The molecule has 0 aliphatic heterocycles. The first-order valence-corrected chi connectivity index (χ1v) is 10.9. The van der Waals surface area contributed by atoms with Gasteiger partial charge in [0.1, 0.15) is 6.10 Å². The maximum absolute atomic E-state index is 12.9. The molecule has 0 amide bonds. The highest BCUT2D eigenvalue weighted by Gasteiger charge is 2.28. The molecule has 3 aromatic rings. The van der Waals surface area contributed by atoms with E-state index in [2.05, 4.69) is 4.98 Å². The highest BCUT2D eigenvalue weighted by molar-refractivity contribution is 5.99. The van der Waals surface area contributed by atoms with Gasteiger partial charge in [-0.2, -0.15) is 0 Å². The number of ether oxygens (including phenoxy) is 2. The van der Waals surface area contributed by atoms with Gasteiger partial charge in [0.2, 0.25) is 0 Å². The van der Waals surface area contributed by atoms with Crippen LogP contribution in [0, 0.1) is 12.8 Å². The number of nitrogens with zero attached hydrogens (tertiary/aromatic N) is 1. The van der Waals surface area contributed by atoms with Gasteiger partial charge < -0.3 is 14.6 Å². The molecule has 172 valence electrons. The number of benzene rings is 2. The number of esters is 1. The van der Waals surface area contributed by atoms with Gasteiger partial charge in [0, 0.05) is 24.6 Å². The van der Waals surface area contributed by atoms with E-state index in [0.29, 0.717) is 0 Å².